The molecule has 5 nitrogen and oxygen atoms in total. The number of ether oxygens (including phenoxy) is 1. The van der Waals surface area contributed by atoms with E-state index >= 15 is 0 Å². The minimum absolute atomic E-state index is 0.00730. The van der Waals surface area contributed by atoms with Crippen molar-refractivity contribution in [3.8, 4) is 0 Å². The third kappa shape index (κ3) is 2.14. The van der Waals surface area contributed by atoms with Gasteiger partial charge in [-0.2, -0.15) is 0 Å². The molecular weight excluding hydrogens is 304 g/mol. The molecule has 24 heavy (non-hydrogen) atoms. The topological polar surface area (TPSA) is 51.5 Å². The van der Waals surface area contributed by atoms with Crippen LogP contribution in [0.1, 0.15) is 42.6 Å². The number of rotatable bonds is 1. The lowest BCUT2D eigenvalue weighted by Gasteiger charge is -2.39. The standard InChI is InChI=1S/C19H22N2O3/c1-3-24-19(23)18(22)21-10-9-20-15-8-7-12(2)11-14(15)13-5-4-6-16(21)17(13)20/h7-8,11,16H,3-6,9-10H2,1-2H3/t16-/m0/s1. The van der Waals surface area contributed by atoms with Crippen molar-refractivity contribution < 1.29 is 14.3 Å². The number of benzene rings is 1. The summed E-state index contributed by atoms with van der Waals surface area (Å²) < 4.78 is 7.27. The Morgan fingerprint density at radius 2 is 2.12 bits per heavy atom. The van der Waals surface area contributed by atoms with E-state index < -0.39 is 11.9 Å². The van der Waals surface area contributed by atoms with Crippen molar-refractivity contribution in [2.45, 2.75) is 45.7 Å². The number of carbonyl (C=O) groups excluding carboxylic acids is 2. The van der Waals surface area contributed by atoms with Crippen LogP contribution in [-0.4, -0.2) is 34.5 Å². The molecule has 1 aliphatic carbocycles. The minimum atomic E-state index is -0.731. The second-order valence-electron chi connectivity index (χ2n) is 6.66. The molecular formula is C19H22N2O3. The summed E-state index contributed by atoms with van der Waals surface area (Å²) in [4.78, 5) is 26.2. The zero-order valence-corrected chi connectivity index (χ0v) is 14.2. The molecule has 4 rings (SSSR count). The molecule has 0 N–H and O–H groups in total. The maximum Gasteiger partial charge on any atom is 0.397 e. The van der Waals surface area contributed by atoms with Crippen LogP contribution in [0.15, 0.2) is 18.2 Å². The first-order valence-corrected chi connectivity index (χ1v) is 8.71. The highest BCUT2D eigenvalue weighted by Gasteiger charge is 2.39. The van der Waals surface area contributed by atoms with Crippen LogP contribution in [0.25, 0.3) is 10.9 Å². The fourth-order valence-corrected chi connectivity index (χ4v) is 4.27. The fourth-order valence-electron chi connectivity index (χ4n) is 4.27. The molecule has 1 atom stereocenters. The van der Waals surface area contributed by atoms with Crippen LogP contribution in [0.3, 0.4) is 0 Å². The van der Waals surface area contributed by atoms with Crippen LogP contribution in [0, 0.1) is 6.92 Å². The Hall–Kier alpha value is -2.30. The zero-order valence-electron chi connectivity index (χ0n) is 14.2. The van der Waals surface area contributed by atoms with Crippen molar-refractivity contribution in [2.75, 3.05) is 13.2 Å². The smallest absolute Gasteiger partial charge is 0.397 e. The third-order valence-electron chi connectivity index (χ3n) is 5.24. The molecule has 1 amide bonds. The van der Waals surface area contributed by atoms with Crippen LogP contribution >= 0.6 is 0 Å². The number of carbonyl (C=O) groups is 2. The van der Waals surface area contributed by atoms with Crippen molar-refractivity contribution in [1.82, 2.24) is 9.47 Å². The first-order valence-electron chi connectivity index (χ1n) is 8.71. The molecule has 0 unspecified atom stereocenters. The second kappa shape index (κ2) is 5.65. The summed E-state index contributed by atoms with van der Waals surface area (Å²) in [7, 11) is 0. The van der Waals surface area contributed by atoms with Gasteiger partial charge in [0.25, 0.3) is 0 Å². The molecule has 1 aliphatic heterocycles. The maximum absolute atomic E-state index is 12.5. The van der Waals surface area contributed by atoms with Gasteiger partial charge in [-0.05, 0) is 50.8 Å². The molecule has 1 aromatic heterocycles. The van der Waals surface area contributed by atoms with Gasteiger partial charge in [0.1, 0.15) is 0 Å². The van der Waals surface area contributed by atoms with E-state index in [1.807, 2.05) is 0 Å². The number of fused-ring (bicyclic) bond motifs is 3. The molecule has 5 heteroatoms. The largest absolute Gasteiger partial charge is 0.459 e. The van der Waals surface area contributed by atoms with Crippen molar-refractivity contribution in [3.05, 3.63) is 35.0 Å². The van der Waals surface area contributed by atoms with Gasteiger partial charge >= 0.3 is 11.9 Å². The molecule has 126 valence electrons. The summed E-state index contributed by atoms with van der Waals surface area (Å²) in [6.45, 7) is 5.36. The van der Waals surface area contributed by atoms with E-state index in [0.29, 0.717) is 6.54 Å². The van der Waals surface area contributed by atoms with Crippen molar-refractivity contribution >= 4 is 22.8 Å². The van der Waals surface area contributed by atoms with Crippen LogP contribution < -0.4 is 0 Å². The van der Waals surface area contributed by atoms with Gasteiger partial charge in [-0.25, -0.2) is 4.79 Å². The predicted molar refractivity (Wildman–Crippen MR) is 90.7 cm³/mol. The SMILES string of the molecule is CCOC(=O)C(=O)N1CCn2c3c(c4cc(C)ccc42)CCC[C@@H]31. The lowest BCUT2D eigenvalue weighted by molar-refractivity contribution is -0.162. The molecule has 0 fully saturated rings. The van der Waals surface area contributed by atoms with Crippen LogP contribution in [-0.2, 0) is 27.3 Å². The van der Waals surface area contributed by atoms with Gasteiger partial charge in [-0.15, -0.1) is 0 Å². The number of hydrogen-bond acceptors (Lipinski definition) is 3. The molecule has 0 saturated carbocycles. The fraction of sp³-hybridized carbons (Fsp3) is 0.474. The molecule has 1 aromatic carbocycles. The van der Waals surface area contributed by atoms with Crippen LogP contribution in [0.2, 0.25) is 0 Å². The van der Waals surface area contributed by atoms with Crippen molar-refractivity contribution in [1.29, 1.82) is 0 Å². The number of esters is 1. The van der Waals surface area contributed by atoms with Gasteiger partial charge < -0.3 is 14.2 Å². The van der Waals surface area contributed by atoms with E-state index in [0.717, 1.165) is 25.8 Å². The Bertz CT molecular complexity index is 837. The highest BCUT2D eigenvalue weighted by molar-refractivity contribution is 6.32. The van der Waals surface area contributed by atoms with Gasteiger partial charge in [0.15, 0.2) is 0 Å². The molecule has 0 saturated heterocycles. The van der Waals surface area contributed by atoms with Crippen LogP contribution in [0.5, 0.6) is 0 Å². The Labute approximate surface area is 141 Å². The van der Waals surface area contributed by atoms with E-state index in [2.05, 4.69) is 29.7 Å². The first kappa shape index (κ1) is 15.2. The normalized spacial score (nSPS) is 19.2. The highest BCUT2D eigenvalue weighted by Crippen LogP contribution is 2.42. The van der Waals surface area contributed by atoms with E-state index in [1.54, 1.807) is 11.8 Å². The van der Waals surface area contributed by atoms with Gasteiger partial charge in [0.05, 0.1) is 12.6 Å². The van der Waals surface area contributed by atoms with E-state index in [1.165, 1.54) is 27.7 Å². The Morgan fingerprint density at radius 3 is 2.92 bits per heavy atom. The Kier molecular flexibility index (Phi) is 3.59. The number of aromatic nitrogens is 1. The predicted octanol–water partition coefficient (Wildman–Crippen LogP) is 2.73. The van der Waals surface area contributed by atoms with E-state index in [-0.39, 0.29) is 12.6 Å². The number of hydrogen-bond donors (Lipinski definition) is 0. The average Bonchev–Trinajstić information content (AvgIpc) is 2.90. The van der Waals surface area contributed by atoms with Gasteiger partial charge in [-0.3, -0.25) is 4.79 Å². The van der Waals surface area contributed by atoms with Crippen molar-refractivity contribution in [2.24, 2.45) is 0 Å². The minimum Gasteiger partial charge on any atom is -0.459 e. The second-order valence-corrected chi connectivity index (χ2v) is 6.66. The molecule has 2 heterocycles. The summed E-state index contributed by atoms with van der Waals surface area (Å²) in [6.07, 6.45) is 2.99. The number of amides is 1. The number of aryl methyl sites for hydroxylation is 2. The monoisotopic (exact) mass is 326 g/mol. The maximum atomic E-state index is 12.5. The quantitative estimate of drug-likeness (QED) is 0.598. The third-order valence-corrected chi connectivity index (χ3v) is 5.24. The molecule has 2 aliphatic rings. The summed E-state index contributed by atoms with van der Waals surface area (Å²) in [5, 5.41) is 1.31. The van der Waals surface area contributed by atoms with Crippen molar-refractivity contribution in [3.63, 3.8) is 0 Å². The lowest BCUT2D eigenvalue weighted by Crippen LogP contribution is -2.46. The summed E-state index contributed by atoms with van der Waals surface area (Å²) in [5.74, 6) is -1.23. The summed E-state index contributed by atoms with van der Waals surface area (Å²) in [5.41, 5.74) is 5.08. The molecule has 0 spiro atoms. The highest BCUT2D eigenvalue weighted by atomic mass is 16.5. The molecule has 0 bridgehead atoms. The van der Waals surface area contributed by atoms with Gasteiger partial charge in [-0.1, -0.05) is 11.6 Å². The first-order chi connectivity index (χ1) is 11.6. The zero-order chi connectivity index (χ0) is 16.8. The molecule has 2 aromatic rings. The summed E-state index contributed by atoms with van der Waals surface area (Å²) in [6, 6.07) is 6.56. The van der Waals surface area contributed by atoms with Gasteiger partial charge in [0, 0.05) is 29.7 Å². The van der Waals surface area contributed by atoms with E-state index in [9.17, 15) is 9.59 Å². The Morgan fingerprint density at radius 1 is 1.29 bits per heavy atom. The van der Waals surface area contributed by atoms with Gasteiger partial charge in [0.2, 0.25) is 0 Å². The van der Waals surface area contributed by atoms with E-state index in [4.69, 9.17) is 4.74 Å². The lowest BCUT2D eigenvalue weighted by atomic mass is 9.89. The average molecular weight is 326 g/mol. The van der Waals surface area contributed by atoms with Crippen LogP contribution in [0.4, 0.5) is 0 Å². The Balaban J connectivity index is 1.80. The molecule has 0 radical (unpaired) electrons. The summed E-state index contributed by atoms with van der Waals surface area (Å²) >= 11 is 0. The number of nitrogens with zero attached hydrogens (tertiary/aromatic N) is 2.